The second-order valence-electron chi connectivity index (χ2n) is 4.86. The van der Waals surface area contributed by atoms with Crippen molar-refractivity contribution in [1.82, 2.24) is 10.3 Å². The van der Waals surface area contributed by atoms with Gasteiger partial charge in [0.1, 0.15) is 5.70 Å². The normalized spacial score (nSPS) is 15.1. The SMILES string of the molecule is CC1=C(C(F)(F)F)NCc2ccc3[nH]c(=O)cc(Cl)c3c21. The minimum absolute atomic E-state index is 0.0624. The van der Waals surface area contributed by atoms with Crippen LogP contribution in [0.15, 0.2) is 28.7 Å². The van der Waals surface area contributed by atoms with Crippen molar-refractivity contribution >= 4 is 28.1 Å². The molecule has 21 heavy (non-hydrogen) atoms. The van der Waals surface area contributed by atoms with Gasteiger partial charge >= 0.3 is 6.18 Å². The lowest BCUT2D eigenvalue weighted by Crippen LogP contribution is -2.30. The first kappa shape index (κ1) is 14.0. The van der Waals surface area contributed by atoms with E-state index in [1.807, 2.05) is 0 Å². The van der Waals surface area contributed by atoms with Crippen molar-refractivity contribution in [2.45, 2.75) is 19.6 Å². The van der Waals surface area contributed by atoms with Crippen molar-refractivity contribution in [2.24, 2.45) is 0 Å². The molecule has 3 rings (SSSR count). The molecule has 2 aromatic rings. The maximum absolute atomic E-state index is 13.0. The van der Waals surface area contributed by atoms with Gasteiger partial charge in [-0.05, 0) is 29.7 Å². The molecular formula is C14H10ClF3N2O. The highest BCUT2D eigenvalue weighted by molar-refractivity contribution is 6.36. The summed E-state index contributed by atoms with van der Waals surface area (Å²) in [6.45, 7) is 1.46. The molecule has 1 aliphatic heterocycles. The Morgan fingerprint density at radius 3 is 2.67 bits per heavy atom. The number of benzene rings is 1. The van der Waals surface area contributed by atoms with Gasteiger partial charge < -0.3 is 10.3 Å². The van der Waals surface area contributed by atoms with Gasteiger partial charge in [-0.1, -0.05) is 17.7 Å². The molecule has 110 valence electrons. The fourth-order valence-electron chi connectivity index (χ4n) is 2.68. The Balaban J connectivity index is 2.42. The van der Waals surface area contributed by atoms with Gasteiger partial charge in [-0.25, -0.2) is 0 Å². The summed E-state index contributed by atoms with van der Waals surface area (Å²) in [6.07, 6.45) is -4.46. The van der Waals surface area contributed by atoms with Gasteiger partial charge in [0.05, 0.1) is 10.5 Å². The van der Waals surface area contributed by atoms with Crippen LogP contribution >= 0.6 is 11.6 Å². The van der Waals surface area contributed by atoms with Crippen LogP contribution in [-0.2, 0) is 6.54 Å². The van der Waals surface area contributed by atoms with Gasteiger partial charge in [0, 0.05) is 18.0 Å². The van der Waals surface area contributed by atoms with Crippen LogP contribution in [0.25, 0.3) is 16.5 Å². The van der Waals surface area contributed by atoms with Crippen LogP contribution < -0.4 is 10.9 Å². The monoisotopic (exact) mass is 314 g/mol. The molecule has 2 N–H and O–H groups in total. The lowest BCUT2D eigenvalue weighted by molar-refractivity contribution is -0.0965. The quantitative estimate of drug-likeness (QED) is 0.780. The molecule has 1 aromatic carbocycles. The number of alkyl halides is 3. The van der Waals surface area contributed by atoms with Crippen molar-refractivity contribution in [3.8, 4) is 0 Å². The third-order valence-corrected chi connectivity index (χ3v) is 3.83. The van der Waals surface area contributed by atoms with Crippen molar-refractivity contribution in [2.75, 3.05) is 0 Å². The van der Waals surface area contributed by atoms with E-state index in [0.29, 0.717) is 22.0 Å². The van der Waals surface area contributed by atoms with Gasteiger partial charge in [0.25, 0.3) is 0 Å². The second kappa shape index (κ2) is 4.53. The third kappa shape index (κ3) is 2.19. The summed E-state index contributed by atoms with van der Waals surface area (Å²) in [5, 5.41) is 2.99. The predicted molar refractivity (Wildman–Crippen MR) is 75.1 cm³/mol. The van der Waals surface area contributed by atoms with Gasteiger partial charge in [-0.3, -0.25) is 4.79 Å². The molecule has 2 heterocycles. The average Bonchev–Trinajstić information content (AvgIpc) is 2.36. The summed E-state index contributed by atoms with van der Waals surface area (Å²) in [7, 11) is 0. The smallest absolute Gasteiger partial charge is 0.377 e. The molecule has 1 aliphatic rings. The van der Waals surface area contributed by atoms with Crippen LogP contribution in [0.2, 0.25) is 5.02 Å². The summed E-state index contributed by atoms with van der Waals surface area (Å²) >= 11 is 6.08. The van der Waals surface area contributed by atoms with Crippen molar-refractivity contribution in [3.63, 3.8) is 0 Å². The van der Waals surface area contributed by atoms with Gasteiger partial charge in [0.15, 0.2) is 0 Å². The van der Waals surface area contributed by atoms with Crippen molar-refractivity contribution in [3.05, 3.63) is 50.4 Å². The molecule has 7 heteroatoms. The molecule has 0 radical (unpaired) electrons. The van der Waals surface area contributed by atoms with Crippen molar-refractivity contribution in [1.29, 1.82) is 0 Å². The third-order valence-electron chi connectivity index (χ3n) is 3.54. The minimum atomic E-state index is -4.46. The Bertz CT molecular complexity index is 836. The van der Waals surface area contributed by atoms with Crippen LogP contribution in [0, 0.1) is 0 Å². The van der Waals surface area contributed by atoms with Crippen LogP contribution in [0.1, 0.15) is 18.1 Å². The molecule has 1 aromatic heterocycles. The molecule has 0 saturated heterocycles. The summed E-state index contributed by atoms with van der Waals surface area (Å²) in [5.74, 6) is 0. The number of hydrogen-bond acceptors (Lipinski definition) is 2. The minimum Gasteiger partial charge on any atom is -0.377 e. The maximum atomic E-state index is 13.0. The van der Waals surface area contributed by atoms with E-state index < -0.39 is 11.9 Å². The Morgan fingerprint density at radius 1 is 1.29 bits per heavy atom. The Kier molecular flexibility index (Phi) is 3.02. The summed E-state index contributed by atoms with van der Waals surface area (Å²) in [4.78, 5) is 14.0. The highest BCUT2D eigenvalue weighted by atomic mass is 35.5. The second-order valence-corrected chi connectivity index (χ2v) is 5.26. The van der Waals surface area contributed by atoms with E-state index >= 15 is 0 Å². The van der Waals surface area contributed by atoms with E-state index in [4.69, 9.17) is 11.6 Å². The van der Waals surface area contributed by atoms with Gasteiger partial charge in [0.2, 0.25) is 5.56 Å². The molecule has 0 amide bonds. The van der Waals surface area contributed by atoms with Crippen LogP contribution in [0.3, 0.4) is 0 Å². The number of aromatic amines is 1. The van der Waals surface area contributed by atoms with E-state index in [1.54, 1.807) is 12.1 Å². The number of nitrogens with one attached hydrogen (secondary N) is 2. The summed E-state index contributed by atoms with van der Waals surface area (Å²) in [5.41, 5.74) is 0.475. The average molecular weight is 315 g/mol. The van der Waals surface area contributed by atoms with Gasteiger partial charge in [-0.15, -0.1) is 0 Å². The van der Waals surface area contributed by atoms with E-state index in [2.05, 4.69) is 10.3 Å². The first-order chi connectivity index (χ1) is 9.79. The molecule has 0 bridgehead atoms. The van der Waals surface area contributed by atoms with E-state index in [1.165, 1.54) is 13.0 Å². The van der Waals surface area contributed by atoms with Crippen LogP contribution in [0.4, 0.5) is 13.2 Å². The molecule has 3 nitrogen and oxygen atoms in total. The van der Waals surface area contributed by atoms with Gasteiger partial charge in [-0.2, -0.15) is 13.2 Å². The zero-order valence-electron chi connectivity index (χ0n) is 10.9. The number of hydrogen-bond donors (Lipinski definition) is 2. The number of halogens is 4. The van der Waals surface area contributed by atoms with E-state index in [-0.39, 0.29) is 22.7 Å². The van der Waals surface area contributed by atoms with E-state index in [9.17, 15) is 18.0 Å². The lowest BCUT2D eigenvalue weighted by Gasteiger charge is -2.26. The summed E-state index contributed by atoms with van der Waals surface area (Å²) < 4.78 is 39.1. The number of pyridine rings is 1. The maximum Gasteiger partial charge on any atom is 0.431 e. The standard InChI is InChI=1S/C14H10ClF3N2O/c1-6-11-7(5-19-13(6)14(16,17)18)2-3-9-12(11)8(15)4-10(21)20-9/h2-4,19H,5H2,1H3,(H,20,21). The van der Waals surface area contributed by atoms with Crippen molar-refractivity contribution < 1.29 is 13.2 Å². The Morgan fingerprint density at radius 2 is 2.00 bits per heavy atom. The number of fused-ring (bicyclic) bond motifs is 3. The largest absolute Gasteiger partial charge is 0.431 e. The number of rotatable bonds is 0. The highest BCUT2D eigenvalue weighted by Gasteiger charge is 2.38. The van der Waals surface area contributed by atoms with Crippen LogP contribution in [-0.4, -0.2) is 11.2 Å². The zero-order valence-corrected chi connectivity index (χ0v) is 11.6. The first-order valence-corrected chi connectivity index (χ1v) is 6.53. The molecule has 0 atom stereocenters. The number of allylic oxidation sites excluding steroid dienone is 2. The molecule has 0 spiro atoms. The molecule has 0 aliphatic carbocycles. The predicted octanol–water partition coefficient (Wildman–Crippen LogP) is 3.58. The summed E-state index contributed by atoms with van der Waals surface area (Å²) in [6, 6.07) is 4.51. The first-order valence-electron chi connectivity index (χ1n) is 6.16. The number of aromatic nitrogens is 1. The number of H-pyrrole nitrogens is 1. The molecular weight excluding hydrogens is 305 g/mol. The van der Waals surface area contributed by atoms with Crippen LogP contribution in [0.5, 0.6) is 0 Å². The fourth-order valence-corrected chi connectivity index (χ4v) is 2.98. The topological polar surface area (TPSA) is 44.9 Å². The fraction of sp³-hybridized carbons (Fsp3) is 0.214. The Hall–Kier alpha value is -1.95. The molecule has 0 saturated carbocycles. The van der Waals surface area contributed by atoms with E-state index in [0.717, 1.165) is 0 Å². The lowest BCUT2D eigenvalue weighted by atomic mass is 9.91. The Labute approximate surface area is 122 Å². The zero-order chi connectivity index (χ0) is 15.4. The highest BCUT2D eigenvalue weighted by Crippen LogP contribution is 2.39. The molecule has 0 fully saturated rings. The molecule has 0 unspecified atom stereocenters.